The van der Waals surface area contributed by atoms with E-state index < -0.39 is 5.82 Å². The average Bonchev–Trinajstić information content (AvgIpc) is 2.38. The third-order valence-corrected chi connectivity index (χ3v) is 3.18. The maximum absolute atomic E-state index is 13.4. The Morgan fingerprint density at radius 2 is 2.15 bits per heavy atom. The monoisotopic (exact) mass is 292 g/mol. The summed E-state index contributed by atoms with van der Waals surface area (Å²) in [6.07, 6.45) is 0. The van der Waals surface area contributed by atoms with Gasteiger partial charge in [-0.15, -0.1) is 0 Å². The molecule has 7 heteroatoms. The summed E-state index contributed by atoms with van der Waals surface area (Å²) < 4.78 is 13.4. The van der Waals surface area contributed by atoms with Gasteiger partial charge in [0.2, 0.25) is 5.91 Å². The van der Waals surface area contributed by atoms with E-state index in [0.717, 1.165) is 17.5 Å². The van der Waals surface area contributed by atoms with Crippen molar-refractivity contribution in [3.05, 3.63) is 41.8 Å². The first-order chi connectivity index (χ1) is 9.54. The zero-order valence-electron chi connectivity index (χ0n) is 10.8. The molecule has 2 rings (SSSR count). The van der Waals surface area contributed by atoms with Crippen LogP contribution in [-0.2, 0) is 4.79 Å². The smallest absolute Gasteiger partial charge is 0.234 e. The summed E-state index contributed by atoms with van der Waals surface area (Å²) in [5, 5.41) is 2.91. The van der Waals surface area contributed by atoms with Crippen LogP contribution in [0, 0.1) is 12.7 Å². The standard InChI is InChI=1S/C13H13FN4OS/c1-8-6-11(15)18-13(16-8)20-7-12(19)17-10-5-3-2-4-9(10)14/h2-6H,7H2,1H3,(H,17,19)(H2,15,16,18). The number of thioether (sulfide) groups is 1. The van der Waals surface area contributed by atoms with Gasteiger partial charge >= 0.3 is 0 Å². The summed E-state index contributed by atoms with van der Waals surface area (Å²) in [6, 6.07) is 7.63. The molecule has 0 atom stereocenters. The van der Waals surface area contributed by atoms with Crippen LogP contribution >= 0.6 is 11.8 Å². The second-order valence-corrected chi connectivity index (χ2v) is 4.98. The molecular formula is C13H13FN4OS. The van der Waals surface area contributed by atoms with Gasteiger partial charge < -0.3 is 11.1 Å². The zero-order valence-corrected chi connectivity index (χ0v) is 11.6. The molecule has 1 aromatic carbocycles. The molecule has 1 aromatic heterocycles. The molecular weight excluding hydrogens is 279 g/mol. The van der Waals surface area contributed by atoms with Gasteiger partial charge in [-0.3, -0.25) is 4.79 Å². The number of nitrogen functional groups attached to an aromatic ring is 1. The first-order valence-corrected chi connectivity index (χ1v) is 6.81. The van der Waals surface area contributed by atoms with E-state index in [4.69, 9.17) is 5.73 Å². The number of nitrogens with two attached hydrogens (primary N) is 1. The van der Waals surface area contributed by atoms with Crippen molar-refractivity contribution in [3.63, 3.8) is 0 Å². The van der Waals surface area contributed by atoms with Gasteiger partial charge in [-0.05, 0) is 19.1 Å². The van der Waals surface area contributed by atoms with Gasteiger partial charge in [0.25, 0.3) is 0 Å². The van der Waals surface area contributed by atoms with E-state index in [-0.39, 0.29) is 17.3 Å². The summed E-state index contributed by atoms with van der Waals surface area (Å²) in [5.41, 5.74) is 6.48. The van der Waals surface area contributed by atoms with Gasteiger partial charge in [0.1, 0.15) is 11.6 Å². The predicted octanol–water partition coefficient (Wildman–Crippen LogP) is 2.24. The molecule has 0 fully saturated rings. The van der Waals surface area contributed by atoms with Crippen LogP contribution in [0.4, 0.5) is 15.9 Å². The van der Waals surface area contributed by atoms with Crippen molar-refractivity contribution in [1.82, 2.24) is 9.97 Å². The third kappa shape index (κ3) is 3.92. The lowest BCUT2D eigenvalue weighted by molar-refractivity contribution is -0.113. The zero-order chi connectivity index (χ0) is 14.5. The Morgan fingerprint density at radius 1 is 1.40 bits per heavy atom. The molecule has 0 radical (unpaired) electrons. The van der Waals surface area contributed by atoms with E-state index in [1.807, 2.05) is 0 Å². The highest BCUT2D eigenvalue weighted by Crippen LogP contribution is 2.17. The molecule has 2 aromatic rings. The Hall–Kier alpha value is -2.15. The highest BCUT2D eigenvalue weighted by atomic mass is 32.2. The maximum Gasteiger partial charge on any atom is 0.234 e. The molecule has 0 aliphatic heterocycles. The van der Waals surface area contributed by atoms with Crippen LogP contribution in [0.25, 0.3) is 0 Å². The van der Waals surface area contributed by atoms with Crippen molar-refractivity contribution >= 4 is 29.2 Å². The second-order valence-electron chi connectivity index (χ2n) is 4.03. The van der Waals surface area contributed by atoms with Crippen LogP contribution in [0.2, 0.25) is 0 Å². The number of rotatable bonds is 4. The summed E-state index contributed by atoms with van der Waals surface area (Å²) in [4.78, 5) is 19.9. The van der Waals surface area contributed by atoms with Crippen LogP contribution in [-0.4, -0.2) is 21.6 Å². The SMILES string of the molecule is Cc1cc(N)nc(SCC(=O)Nc2ccccc2F)n1. The highest BCUT2D eigenvalue weighted by Gasteiger charge is 2.08. The number of nitrogens with zero attached hydrogens (tertiary/aromatic N) is 2. The van der Waals surface area contributed by atoms with Gasteiger partial charge in [-0.2, -0.15) is 0 Å². The van der Waals surface area contributed by atoms with E-state index in [0.29, 0.717) is 11.0 Å². The molecule has 0 saturated heterocycles. The van der Waals surface area contributed by atoms with Gasteiger partial charge in [-0.25, -0.2) is 14.4 Å². The molecule has 0 saturated carbocycles. The molecule has 104 valence electrons. The summed E-state index contributed by atoms with van der Waals surface area (Å²) >= 11 is 1.15. The number of aromatic nitrogens is 2. The predicted molar refractivity (Wildman–Crippen MR) is 76.9 cm³/mol. The van der Waals surface area contributed by atoms with E-state index >= 15 is 0 Å². The van der Waals surface area contributed by atoms with Crippen molar-refractivity contribution in [2.75, 3.05) is 16.8 Å². The molecule has 0 aliphatic carbocycles. The Labute approximate surface area is 119 Å². The molecule has 20 heavy (non-hydrogen) atoms. The number of para-hydroxylation sites is 1. The van der Waals surface area contributed by atoms with Crippen molar-refractivity contribution in [2.45, 2.75) is 12.1 Å². The van der Waals surface area contributed by atoms with E-state index in [1.54, 1.807) is 25.1 Å². The largest absolute Gasteiger partial charge is 0.384 e. The van der Waals surface area contributed by atoms with E-state index in [1.165, 1.54) is 12.1 Å². The number of nitrogens with one attached hydrogen (secondary N) is 1. The first-order valence-electron chi connectivity index (χ1n) is 5.83. The number of carbonyl (C=O) groups excluding carboxylic acids is 1. The van der Waals surface area contributed by atoms with Crippen molar-refractivity contribution < 1.29 is 9.18 Å². The van der Waals surface area contributed by atoms with Gasteiger partial charge in [0.05, 0.1) is 11.4 Å². The van der Waals surface area contributed by atoms with E-state index in [2.05, 4.69) is 15.3 Å². The lowest BCUT2D eigenvalue weighted by Crippen LogP contribution is -2.15. The minimum Gasteiger partial charge on any atom is -0.384 e. The van der Waals surface area contributed by atoms with Crippen molar-refractivity contribution in [2.24, 2.45) is 0 Å². The topological polar surface area (TPSA) is 80.9 Å². The number of aryl methyl sites for hydroxylation is 1. The fraction of sp³-hybridized carbons (Fsp3) is 0.154. The molecule has 0 bridgehead atoms. The molecule has 0 aliphatic rings. The van der Waals surface area contributed by atoms with Crippen molar-refractivity contribution in [3.8, 4) is 0 Å². The number of benzene rings is 1. The molecule has 3 N–H and O–H groups in total. The average molecular weight is 292 g/mol. The molecule has 1 heterocycles. The number of hydrogen-bond donors (Lipinski definition) is 2. The Morgan fingerprint density at radius 3 is 2.85 bits per heavy atom. The summed E-state index contributed by atoms with van der Waals surface area (Å²) in [6.45, 7) is 1.79. The number of amides is 1. The van der Waals surface area contributed by atoms with Crippen LogP contribution in [0.3, 0.4) is 0 Å². The number of anilines is 2. The minimum absolute atomic E-state index is 0.0806. The Balaban J connectivity index is 1.94. The quantitative estimate of drug-likeness (QED) is 0.667. The van der Waals surface area contributed by atoms with Crippen LogP contribution in [0.5, 0.6) is 0 Å². The lowest BCUT2D eigenvalue weighted by atomic mass is 10.3. The summed E-state index contributed by atoms with van der Waals surface area (Å²) in [7, 11) is 0. The number of carbonyl (C=O) groups is 1. The van der Waals surface area contributed by atoms with Crippen LogP contribution in [0.15, 0.2) is 35.5 Å². The molecule has 0 unspecified atom stereocenters. The van der Waals surface area contributed by atoms with Crippen LogP contribution in [0.1, 0.15) is 5.69 Å². The fourth-order valence-corrected chi connectivity index (χ4v) is 2.22. The number of halogens is 1. The fourth-order valence-electron chi connectivity index (χ4n) is 1.51. The molecule has 0 spiro atoms. The lowest BCUT2D eigenvalue weighted by Gasteiger charge is -2.06. The first kappa shape index (κ1) is 14.3. The maximum atomic E-state index is 13.4. The van der Waals surface area contributed by atoms with Gasteiger partial charge in [0, 0.05) is 11.8 Å². The minimum atomic E-state index is -0.470. The van der Waals surface area contributed by atoms with Crippen molar-refractivity contribution in [1.29, 1.82) is 0 Å². The number of hydrogen-bond acceptors (Lipinski definition) is 5. The Bertz CT molecular complexity index is 615. The summed E-state index contributed by atoms with van der Waals surface area (Å²) in [5.74, 6) is -0.364. The second kappa shape index (κ2) is 6.33. The normalized spacial score (nSPS) is 10.3. The van der Waals surface area contributed by atoms with Gasteiger partial charge in [0.15, 0.2) is 5.16 Å². The molecule has 1 amide bonds. The Kier molecular flexibility index (Phi) is 4.52. The third-order valence-electron chi connectivity index (χ3n) is 2.33. The highest BCUT2D eigenvalue weighted by molar-refractivity contribution is 7.99. The van der Waals surface area contributed by atoms with E-state index in [9.17, 15) is 9.18 Å². The van der Waals surface area contributed by atoms with Gasteiger partial charge in [-0.1, -0.05) is 23.9 Å². The van der Waals surface area contributed by atoms with Crippen LogP contribution < -0.4 is 11.1 Å². The molecule has 5 nitrogen and oxygen atoms in total.